The van der Waals surface area contributed by atoms with E-state index in [-0.39, 0.29) is 5.75 Å². The molecule has 6 heteroatoms. The molecule has 2 atom stereocenters. The van der Waals surface area contributed by atoms with Crippen molar-refractivity contribution in [3.05, 3.63) is 29.8 Å². The minimum Gasteiger partial charge on any atom is -0.406 e. The smallest absolute Gasteiger partial charge is 0.406 e. The van der Waals surface area contributed by atoms with Crippen molar-refractivity contribution in [2.45, 2.75) is 44.3 Å². The number of ether oxygens (including phenoxy) is 2. The Hall–Kier alpha value is -1.27. The Bertz CT molecular complexity index is 419. The maximum absolute atomic E-state index is 12.0. The lowest BCUT2D eigenvalue weighted by Gasteiger charge is -2.13. The third kappa shape index (κ3) is 4.68. The Morgan fingerprint density at radius 1 is 1.20 bits per heavy atom. The lowest BCUT2D eigenvalue weighted by Crippen LogP contribution is -2.26. The molecular formula is C14H18F3NO2. The fourth-order valence-corrected chi connectivity index (χ4v) is 2.41. The molecule has 0 amide bonds. The van der Waals surface area contributed by atoms with Crippen LogP contribution in [-0.2, 0) is 11.3 Å². The van der Waals surface area contributed by atoms with Gasteiger partial charge in [0.1, 0.15) is 5.75 Å². The van der Waals surface area contributed by atoms with Gasteiger partial charge in [0.15, 0.2) is 0 Å². The van der Waals surface area contributed by atoms with E-state index in [0.717, 1.165) is 24.8 Å². The molecule has 112 valence electrons. The summed E-state index contributed by atoms with van der Waals surface area (Å²) in [7, 11) is 1.71. The monoisotopic (exact) mass is 289 g/mol. The van der Waals surface area contributed by atoms with Crippen LogP contribution in [0.4, 0.5) is 13.2 Å². The van der Waals surface area contributed by atoms with Crippen LogP contribution < -0.4 is 10.1 Å². The van der Waals surface area contributed by atoms with Crippen LogP contribution in [0, 0.1) is 0 Å². The standard InChI is InChI=1S/C14H18F3NO2/c1-19-13-7-4-11(8-13)18-9-10-2-5-12(6-3-10)20-14(15,16)17/h2-3,5-6,11,13,18H,4,7-9H2,1H3. The van der Waals surface area contributed by atoms with Crippen LogP contribution in [-0.4, -0.2) is 25.6 Å². The molecule has 1 N–H and O–H groups in total. The van der Waals surface area contributed by atoms with Gasteiger partial charge in [0.25, 0.3) is 0 Å². The van der Waals surface area contributed by atoms with E-state index in [1.54, 1.807) is 19.2 Å². The Balaban J connectivity index is 1.79. The molecule has 0 heterocycles. The summed E-state index contributed by atoms with van der Waals surface area (Å²) >= 11 is 0. The van der Waals surface area contributed by atoms with Gasteiger partial charge < -0.3 is 14.8 Å². The van der Waals surface area contributed by atoms with Crippen molar-refractivity contribution in [3.8, 4) is 5.75 Å². The molecule has 0 saturated heterocycles. The highest BCUT2D eigenvalue weighted by Crippen LogP contribution is 2.24. The summed E-state index contributed by atoms with van der Waals surface area (Å²) in [6.45, 7) is 0.632. The van der Waals surface area contributed by atoms with Crippen LogP contribution in [0.2, 0.25) is 0 Å². The highest BCUT2D eigenvalue weighted by atomic mass is 19.4. The van der Waals surface area contributed by atoms with Crippen molar-refractivity contribution in [2.75, 3.05) is 7.11 Å². The Kier molecular flexibility index (Phi) is 4.88. The van der Waals surface area contributed by atoms with Crippen molar-refractivity contribution in [1.82, 2.24) is 5.32 Å². The molecule has 1 fully saturated rings. The van der Waals surface area contributed by atoms with E-state index in [4.69, 9.17) is 4.74 Å². The number of alkyl halides is 3. The zero-order valence-corrected chi connectivity index (χ0v) is 11.2. The van der Waals surface area contributed by atoms with Gasteiger partial charge in [0, 0.05) is 19.7 Å². The number of benzene rings is 1. The second-order valence-electron chi connectivity index (χ2n) is 4.94. The first-order valence-electron chi connectivity index (χ1n) is 6.57. The highest BCUT2D eigenvalue weighted by molar-refractivity contribution is 5.27. The van der Waals surface area contributed by atoms with Crippen LogP contribution in [0.25, 0.3) is 0 Å². The molecule has 3 nitrogen and oxygen atoms in total. The van der Waals surface area contributed by atoms with E-state index in [1.807, 2.05) is 0 Å². The molecule has 2 unspecified atom stereocenters. The fourth-order valence-electron chi connectivity index (χ4n) is 2.41. The molecule has 0 aliphatic heterocycles. The number of methoxy groups -OCH3 is 1. The van der Waals surface area contributed by atoms with Gasteiger partial charge in [-0.1, -0.05) is 12.1 Å². The van der Waals surface area contributed by atoms with E-state index >= 15 is 0 Å². The van der Waals surface area contributed by atoms with Crippen molar-refractivity contribution >= 4 is 0 Å². The van der Waals surface area contributed by atoms with E-state index in [9.17, 15) is 13.2 Å². The maximum Gasteiger partial charge on any atom is 0.573 e. The average molecular weight is 289 g/mol. The van der Waals surface area contributed by atoms with Crippen LogP contribution in [0.1, 0.15) is 24.8 Å². The highest BCUT2D eigenvalue weighted by Gasteiger charge is 2.31. The molecule has 1 saturated carbocycles. The third-order valence-electron chi connectivity index (χ3n) is 3.47. The second-order valence-corrected chi connectivity index (χ2v) is 4.94. The van der Waals surface area contributed by atoms with Gasteiger partial charge >= 0.3 is 6.36 Å². The van der Waals surface area contributed by atoms with E-state index < -0.39 is 6.36 Å². The van der Waals surface area contributed by atoms with Crippen molar-refractivity contribution in [3.63, 3.8) is 0 Å². The molecule has 0 spiro atoms. The Morgan fingerprint density at radius 2 is 1.90 bits per heavy atom. The number of hydrogen-bond acceptors (Lipinski definition) is 3. The van der Waals surface area contributed by atoms with E-state index in [1.165, 1.54) is 12.1 Å². The van der Waals surface area contributed by atoms with Gasteiger partial charge in [-0.3, -0.25) is 0 Å². The zero-order valence-electron chi connectivity index (χ0n) is 11.2. The Morgan fingerprint density at radius 3 is 2.45 bits per heavy atom. The quantitative estimate of drug-likeness (QED) is 0.902. The van der Waals surface area contributed by atoms with Crippen LogP contribution in [0.3, 0.4) is 0 Å². The summed E-state index contributed by atoms with van der Waals surface area (Å²) in [5, 5.41) is 3.39. The first kappa shape index (κ1) is 15.1. The first-order valence-corrected chi connectivity index (χ1v) is 6.57. The molecular weight excluding hydrogens is 271 g/mol. The fraction of sp³-hybridized carbons (Fsp3) is 0.571. The molecule has 1 aromatic rings. The molecule has 0 radical (unpaired) electrons. The number of nitrogens with one attached hydrogen (secondary N) is 1. The average Bonchev–Trinajstić information content (AvgIpc) is 2.84. The van der Waals surface area contributed by atoms with E-state index in [2.05, 4.69) is 10.1 Å². The predicted molar refractivity (Wildman–Crippen MR) is 68.4 cm³/mol. The van der Waals surface area contributed by atoms with Gasteiger partial charge in [-0.15, -0.1) is 13.2 Å². The minimum absolute atomic E-state index is 0.193. The van der Waals surface area contributed by atoms with E-state index in [0.29, 0.717) is 18.7 Å². The van der Waals surface area contributed by atoms with Crippen molar-refractivity contribution in [2.24, 2.45) is 0 Å². The summed E-state index contributed by atoms with van der Waals surface area (Å²) in [6, 6.07) is 6.34. The normalized spacial score (nSPS) is 23.0. The zero-order chi connectivity index (χ0) is 14.6. The van der Waals surface area contributed by atoms with Gasteiger partial charge in [0.05, 0.1) is 6.10 Å². The van der Waals surface area contributed by atoms with Crippen molar-refractivity contribution < 1.29 is 22.6 Å². The minimum atomic E-state index is -4.64. The number of rotatable bonds is 5. The van der Waals surface area contributed by atoms with Crippen LogP contribution in [0.5, 0.6) is 5.75 Å². The van der Waals surface area contributed by atoms with Gasteiger partial charge in [-0.05, 0) is 37.0 Å². The summed E-state index contributed by atoms with van der Waals surface area (Å²) < 4.78 is 45.2. The summed E-state index contributed by atoms with van der Waals surface area (Å²) in [5.41, 5.74) is 0.931. The molecule has 0 bridgehead atoms. The summed E-state index contributed by atoms with van der Waals surface area (Å²) in [5.74, 6) is -0.193. The van der Waals surface area contributed by atoms with Gasteiger partial charge in [-0.25, -0.2) is 0 Å². The molecule has 0 aromatic heterocycles. The summed E-state index contributed by atoms with van der Waals surface area (Å²) in [4.78, 5) is 0. The molecule has 20 heavy (non-hydrogen) atoms. The SMILES string of the molecule is COC1CCC(NCc2ccc(OC(F)(F)F)cc2)C1. The molecule has 1 aliphatic rings. The maximum atomic E-state index is 12.0. The second kappa shape index (κ2) is 6.45. The molecule has 2 rings (SSSR count). The first-order chi connectivity index (χ1) is 9.46. The van der Waals surface area contributed by atoms with Crippen LogP contribution >= 0.6 is 0 Å². The largest absolute Gasteiger partial charge is 0.573 e. The third-order valence-corrected chi connectivity index (χ3v) is 3.47. The van der Waals surface area contributed by atoms with Gasteiger partial charge in [0.2, 0.25) is 0 Å². The number of halogens is 3. The lowest BCUT2D eigenvalue weighted by atomic mass is 10.2. The summed E-state index contributed by atoms with van der Waals surface area (Å²) in [6.07, 6.45) is -1.24. The van der Waals surface area contributed by atoms with Gasteiger partial charge in [-0.2, -0.15) is 0 Å². The lowest BCUT2D eigenvalue weighted by molar-refractivity contribution is -0.274. The Labute approximate surface area is 116 Å². The molecule has 1 aromatic carbocycles. The van der Waals surface area contributed by atoms with Crippen LogP contribution in [0.15, 0.2) is 24.3 Å². The number of hydrogen-bond donors (Lipinski definition) is 1. The topological polar surface area (TPSA) is 30.5 Å². The predicted octanol–water partition coefficient (Wildman–Crippen LogP) is 3.24. The van der Waals surface area contributed by atoms with Crippen molar-refractivity contribution in [1.29, 1.82) is 0 Å². The molecule has 1 aliphatic carbocycles.